The van der Waals surface area contributed by atoms with Crippen LogP contribution in [0.2, 0.25) is 5.02 Å². The standard InChI is InChI=1S/C27H32ClN7O3/c1-31-10-12-33(13-11-31)25-23(19-29-35(26(25)36)21-6-4-3-5-7-21)32-14-16-34(17-15-32)27(37)30-22-18-20(28)8-9-24(22)38-2/h3-9,18-19H,10-17H2,1-2H3,(H,30,37). The number of methoxy groups -OCH3 is 1. The van der Waals surface area contributed by atoms with Crippen molar-refractivity contribution in [2.75, 3.05) is 81.6 Å². The molecule has 3 aromatic rings. The number of carbonyl (C=O) groups excluding carboxylic acids is 1. The fourth-order valence-corrected chi connectivity index (χ4v) is 5.04. The molecule has 0 atom stereocenters. The van der Waals surface area contributed by atoms with Crippen molar-refractivity contribution in [1.82, 2.24) is 19.6 Å². The van der Waals surface area contributed by atoms with Crippen LogP contribution in [0, 0.1) is 0 Å². The third kappa shape index (κ3) is 5.41. The number of rotatable bonds is 5. The maximum Gasteiger partial charge on any atom is 0.322 e. The van der Waals surface area contributed by atoms with Crippen LogP contribution in [0.25, 0.3) is 5.69 Å². The van der Waals surface area contributed by atoms with E-state index in [1.807, 2.05) is 30.3 Å². The largest absolute Gasteiger partial charge is 0.495 e. The Hall–Kier alpha value is -3.76. The lowest BCUT2D eigenvalue weighted by Gasteiger charge is -2.39. The summed E-state index contributed by atoms with van der Waals surface area (Å²) in [5.74, 6) is 0.545. The molecule has 1 aromatic heterocycles. The maximum absolute atomic E-state index is 13.8. The second-order valence-electron chi connectivity index (χ2n) is 9.47. The second-order valence-corrected chi connectivity index (χ2v) is 9.91. The Morgan fingerprint density at radius 1 is 0.947 bits per heavy atom. The van der Waals surface area contributed by atoms with Crippen molar-refractivity contribution in [3.63, 3.8) is 0 Å². The molecule has 0 aliphatic carbocycles. The molecule has 2 saturated heterocycles. The van der Waals surface area contributed by atoms with E-state index in [0.29, 0.717) is 48.3 Å². The number of carbonyl (C=O) groups is 1. The van der Waals surface area contributed by atoms with E-state index >= 15 is 0 Å². The Bertz CT molecular complexity index is 1330. The summed E-state index contributed by atoms with van der Waals surface area (Å²) in [6.45, 7) is 5.45. The Balaban J connectivity index is 1.36. The van der Waals surface area contributed by atoms with Gasteiger partial charge in [0, 0.05) is 57.4 Å². The molecule has 2 aliphatic heterocycles. The quantitative estimate of drug-likeness (QED) is 0.535. The highest BCUT2D eigenvalue weighted by molar-refractivity contribution is 6.31. The van der Waals surface area contributed by atoms with Gasteiger partial charge in [0.15, 0.2) is 0 Å². The van der Waals surface area contributed by atoms with Crippen LogP contribution in [0.1, 0.15) is 0 Å². The Kier molecular flexibility index (Phi) is 7.71. The minimum atomic E-state index is -0.220. The minimum Gasteiger partial charge on any atom is -0.495 e. The topological polar surface area (TPSA) is 86.2 Å². The number of hydrogen-bond donors (Lipinski definition) is 1. The molecule has 10 nitrogen and oxygen atoms in total. The van der Waals surface area contributed by atoms with Gasteiger partial charge in [-0.3, -0.25) is 4.79 Å². The summed E-state index contributed by atoms with van der Waals surface area (Å²) in [7, 11) is 3.64. The lowest BCUT2D eigenvalue weighted by molar-refractivity contribution is 0.208. The van der Waals surface area contributed by atoms with Gasteiger partial charge >= 0.3 is 6.03 Å². The molecule has 2 amide bonds. The van der Waals surface area contributed by atoms with E-state index in [2.05, 4.69) is 32.2 Å². The van der Waals surface area contributed by atoms with Gasteiger partial charge < -0.3 is 29.7 Å². The molecule has 2 aliphatic rings. The van der Waals surface area contributed by atoms with Gasteiger partial charge in [0.2, 0.25) is 0 Å². The van der Waals surface area contributed by atoms with Gasteiger partial charge in [-0.15, -0.1) is 0 Å². The number of nitrogens with zero attached hydrogens (tertiary/aromatic N) is 6. The van der Waals surface area contributed by atoms with E-state index in [4.69, 9.17) is 16.3 Å². The molecule has 11 heteroatoms. The summed E-state index contributed by atoms with van der Waals surface area (Å²) >= 11 is 6.11. The lowest BCUT2D eigenvalue weighted by atomic mass is 10.2. The van der Waals surface area contributed by atoms with Crippen LogP contribution >= 0.6 is 11.6 Å². The van der Waals surface area contributed by atoms with E-state index in [1.54, 1.807) is 36.4 Å². The second kappa shape index (κ2) is 11.3. The van der Waals surface area contributed by atoms with Crippen LogP contribution in [0.4, 0.5) is 21.9 Å². The minimum absolute atomic E-state index is 0.133. The fourth-order valence-electron chi connectivity index (χ4n) is 4.87. The van der Waals surface area contributed by atoms with E-state index in [9.17, 15) is 9.59 Å². The molecule has 0 bridgehead atoms. The van der Waals surface area contributed by atoms with Crippen molar-refractivity contribution in [3.8, 4) is 11.4 Å². The average molecular weight is 538 g/mol. The van der Waals surface area contributed by atoms with Crippen LogP contribution in [-0.2, 0) is 0 Å². The van der Waals surface area contributed by atoms with Gasteiger partial charge in [-0.2, -0.15) is 9.78 Å². The summed E-state index contributed by atoms with van der Waals surface area (Å²) in [6, 6.07) is 14.4. The van der Waals surface area contributed by atoms with Gasteiger partial charge in [0.1, 0.15) is 11.4 Å². The smallest absolute Gasteiger partial charge is 0.322 e. The Morgan fingerprint density at radius 2 is 1.63 bits per heavy atom. The summed E-state index contributed by atoms with van der Waals surface area (Å²) in [5, 5.41) is 7.96. The molecule has 0 radical (unpaired) electrons. The molecule has 200 valence electrons. The number of hydrogen-bond acceptors (Lipinski definition) is 7. The van der Waals surface area contributed by atoms with Crippen LogP contribution in [0.3, 0.4) is 0 Å². The zero-order valence-corrected chi connectivity index (χ0v) is 22.4. The first-order chi connectivity index (χ1) is 18.4. The van der Waals surface area contributed by atoms with Gasteiger partial charge in [-0.25, -0.2) is 4.79 Å². The highest BCUT2D eigenvalue weighted by Gasteiger charge is 2.28. The number of ether oxygens (including phenoxy) is 1. The molecule has 3 heterocycles. The summed E-state index contributed by atoms with van der Waals surface area (Å²) in [5.41, 5.74) is 2.60. The highest BCUT2D eigenvalue weighted by Crippen LogP contribution is 2.30. The number of amides is 2. The Morgan fingerprint density at radius 3 is 2.32 bits per heavy atom. The third-order valence-electron chi connectivity index (χ3n) is 7.06. The normalized spacial score (nSPS) is 16.4. The monoisotopic (exact) mass is 537 g/mol. The molecule has 1 N–H and O–H groups in total. The molecule has 5 rings (SSSR count). The number of aromatic nitrogens is 2. The molecule has 2 fully saturated rings. The van der Waals surface area contributed by atoms with Crippen LogP contribution < -0.4 is 25.4 Å². The van der Waals surface area contributed by atoms with Crippen LogP contribution in [-0.4, -0.2) is 92.1 Å². The first kappa shape index (κ1) is 25.9. The number of likely N-dealkylation sites (N-methyl/N-ethyl adjacent to an activating group) is 1. The number of nitrogens with one attached hydrogen (secondary N) is 1. The summed E-state index contributed by atoms with van der Waals surface area (Å²) < 4.78 is 6.82. The van der Waals surface area contributed by atoms with Crippen molar-refractivity contribution < 1.29 is 9.53 Å². The van der Waals surface area contributed by atoms with Crippen molar-refractivity contribution in [2.45, 2.75) is 0 Å². The van der Waals surface area contributed by atoms with Gasteiger partial charge in [0.05, 0.1) is 30.4 Å². The Labute approximate surface area is 226 Å². The fraction of sp³-hybridized carbons (Fsp3) is 0.370. The molecule has 0 unspecified atom stereocenters. The number of benzene rings is 2. The molecule has 2 aromatic carbocycles. The van der Waals surface area contributed by atoms with Gasteiger partial charge in [0.25, 0.3) is 5.56 Å². The predicted molar refractivity (Wildman–Crippen MR) is 150 cm³/mol. The molecular formula is C27H32ClN7O3. The van der Waals surface area contributed by atoms with Crippen molar-refractivity contribution in [2.24, 2.45) is 0 Å². The SMILES string of the molecule is COc1ccc(Cl)cc1NC(=O)N1CCN(c2cnn(-c3ccccc3)c(=O)c2N2CCN(C)CC2)CC1. The van der Waals surface area contributed by atoms with Gasteiger partial charge in [-0.1, -0.05) is 29.8 Å². The number of halogens is 1. The molecular weight excluding hydrogens is 506 g/mol. The zero-order valence-electron chi connectivity index (χ0n) is 21.6. The maximum atomic E-state index is 13.8. The van der Waals surface area contributed by atoms with Crippen LogP contribution in [0.15, 0.2) is 59.5 Å². The number of para-hydroxylation sites is 1. The molecule has 0 spiro atoms. The number of urea groups is 1. The number of anilines is 3. The van der Waals surface area contributed by atoms with Crippen molar-refractivity contribution >= 4 is 34.7 Å². The van der Waals surface area contributed by atoms with Crippen molar-refractivity contribution in [3.05, 3.63) is 70.1 Å². The lowest BCUT2D eigenvalue weighted by Crippen LogP contribution is -2.52. The summed E-state index contributed by atoms with van der Waals surface area (Å²) in [6.07, 6.45) is 1.79. The number of piperazine rings is 2. The first-order valence-electron chi connectivity index (χ1n) is 12.7. The van der Waals surface area contributed by atoms with E-state index in [1.165, 1.54) is 4.68 Å². The molecule has 0 saturated carbocycles. The highest BCUT2D eigenvalue weighted by atomic mass is 35.5. The van der Waals surface area contributed by atoms with E-state index in [0.717, 1.165) is 37.6 Å². The zero-order chi connectivity index (χ0) is 26.6. The van der Waals surface area contributed by atoms with Crippen LogP contribution in [0.5, 0.6) is 5.75 Å². The van der Waals surface area contributed by atoms with E-state index in [-0.39, 0.29) is 11.6 Å². The average Bonchev–Trinajstić information content (AvgIpc) is 2.94. The first-order valence-corrected chi connectivity index (χ1v) is 13.1. The molecule has 38 heavy (non-hydrogen) atoms. The predicted octanol–water partition coefficient (Wildman–Crippen LogP) is 3.00. The van der Waals surface area contributed by atoms with E-state index < -0.39 is 0 Å². The van der Waals surface area contributed by atoms with Crippen molar-refractivity contribution in [1.29, 1.82) is 0 Å². The summed E-state index contributed by atoms with van der Waals surface area (Å²) in [4.78, 5) is 35.2. The van der Waals surface area contributed by atoms with Gasteiger partial charge in [-0.05, 0) is 37.4 Å². The third-order valence-corrected chi connectivity index (χ3v) is 7.30.